The van der Waals surface area contributed by atoms with E-state index in [0.29, 0.717) is 22.2 Å². The first-order chi connectivity index (χ1) is 21.0. The van der Waals surface area contributed by atoms with E-state index in [2.05, 4.69) is 5.32 Å². The number of halogens is 2. The largest absolute Gasteiger partial charge is 0.352 e. The first-order valence-corrected chi connectivity index (χ1v) is 17.7. The topological polar surface area (TPSA) is 86.8 Å². The van der Waals surface area contributed by atoms with Gasteiger partial charge in [0.2, 0.25) is 21.8 Å². The van der Waals surface area contributed by atoms with Crippen LogP contribution in [0.5, 0.6) is 0 Å². The van der Waals surface area contributed by atoms with Crippen LogP contribution in [0.1, 0.15) is 61.6 Å². The molecule has 3 aromatic rings. The lowest BCUT2D eigenvalue weighted by Crippen LogP contribution is -2.53. The van der Waals surface area contributed by atoms with Crippen LogP contribution in [0.3, 0.4) is 0 Å². The van der Waals surface area contributed by atoms with Crippen molar-refractivity contribution in [3.05, 3.63) is 99.5 Å². The Kier molecular flexibility index (Phi) is 12.1. The number of hydrogen-bond acceptors (Lipinski definition) is 4. The van der Waals surface area contributed by atoms with E-state index in [1.165, 1.54) is 4.31 Å². The molecule has 0 unspecified atom stereocenters. The summed E-state index contributed by atoms with van der Waals surface area (Å²) in [5.74, 6) is -0.436. The van der Waals surface area contributed by atoms with Crippen molar-refractivity contribution in [1.29, 1.82) is 0 Å². The summed E-state index contributed by atoms with van der Waals surface area (Å²) in [4.78, 5) is 29.7. The Hall–Kier alpha value is -3.07. The molecule has 0 aromatic heterocycles. The molecule has 0 spiro atoms. The molecule has 0 aliphatic heterocycles. The van der Waals surface area contributed by atoms with Crippen LogP contribution in [0.15, 0.2) is 72.8 Å². The van der Waals surface area contributed by atoms with Gasteiger partial charge in [0.25, 0.3) is 0 Å². The molecule has 1 aliphatic rings. The van der Waals surface area contributed by atoms with Crippen LogP contribution in [0.4, 0.5) is 5.69 Å². The summed E-state index contributed by atoms with van der Waals surface area (Å²) in [5.41, 5.74) is 2.91. The average molecular weight is 659 g/mol. The zero-order valence-corrected chi connectivity index (χ0v) is 27.7. The van der Waals surface area contributed by atoms with E-state index in [-0.39, 0.29) is 43.8 Å². The molecule has 4 rings (SSSR count). The van der Waals surface area contributed by atoms with Crippen LogP contribution < -0.4 is 9.62 Å². The maximum absolute atomic E-state index is 14.1. The summed E-state index contributed by atoms with van der Waals surface area (Å²) in [6.45, 7) is 2.06. The maximum Gasteiger partial charge on any atom is 0.243 e. The molecule has 1 atom stereocenters. The minimum Gasteiger partial charge on any atom is -0.352 e. The molecule has 1 aliphatic carbocycles. The summed E-state index contributed by atoms with van der Waals surface area (Å²) in [7, 11) is -3.65. The number of rotatable bonds is 13. The first kappa shape index (κ1) is 33.8. The Labute approximate surface area is 271 Å². The Balaban J connectivity index is 1.61. The number of aryl methyl sites for hydroxylation is 1. The second-order valence-electron chi connectivity index (χ2n) is 11.5. The number of carbonyl (C=O) groups excluding carboxylic acids is 2. The van der Waals surface area contributed by atoms with Gasteiger partial charge in [0.15, 0.2) is 0 Å². The summed E-state index contributed by atoms with van der Waals surface area (Å²) < 4.78 is 26.9. The van der Waals surface area contributed by atoms with Crippen LogP contribution in [0, 0.1) is 6.92 Å². The highest BCUT2D eigenvalue weighted by atomic mass is 35.5. The number of benzene rings is 3. The SMILES string of the molecule is Cc1ccc(Cl)cc1N(CCCC(=O)N(Cc1ccccc1Cl)[C@H](Cc1ccccc1)C(=O)NC1CCCCC1)S(C)(=O)=O. The van der Waals surface area contributed by atoms with Crippen molar-refractivity contribution in [2.45, 2.75) is 76.9 Å². The Morgan fingerprint density at radius 2 is 1.64 bits per heavy atom. The van der Waals surface area contributed by atoms with Crippen molar-refractivity contribution in [3.8, 4) is 0 Å². The molecule has 10 heteroatoms. The summed E-state index contributed by atoms with van der Waals surface area (Å²) in [5, 5.41) is 4.17. The normalized spacial score (nSPS) is 14.5. The van der Waals surface area contributed by atoms with E-state index < -0.39 is 16.1 Å². The average Bonchev–Trinajstić information content (AvgIpc) is 2.99. The predicted molar refractivity (Wildman–Crippen MR) is 179 cm³/mol. The lowest BCUT2D eigenvalue weighted by molar-refractivity contribution is -0.141. The summed E-state index contributed by atoms with van der Waals surface area (Å²) in [6, 6.07) is 21.4. The zero-order chi connectivity index (χ0) is 31.7. The smallest absolute Gasteiger partial charge is 0.243 e. The molecular formula is C34H41Cl2N3O4S. The third-order valence-electron chi connectivity index (χ3n) is 8.11. The molecule has 7 nitrogen and oxygen atoms in total. The van der Waals surface area contributed by atoms with Gasteiger partial charge in [-0.3, -0.25) is 13.9 Å². The molecule has 44 heavy (non-hydrogen) atoms. The molecule has 236 valence electrons. The minimum atomic E-state index is -3.65. The van der Waals surface area contributed by atoms with E-state index in [0.717, 1.165) is 55.1 Å². The molecule has 2 amide bonds. The minimum absolute atomic E-state index is 0.0398. The summed E-state index contributed by atoms with van der Waals surface area (Å²) >= 11 is 12.7. The number of carbonyl (C=O) groups is 2. The lowest BCUT2D eigenvalue weighted by atomic mass is 9.94. The van der Waals surface area contributed by atoms with E-state index in [1.807, 2.05) is 55.5 Å². The maximum atomic E-state index is 14.1. The van der Waals surface area contributed by atoms with Crippen molar-refractivity contribution in [3.63, 3.8) is 0 Å². The van der Waals surface area contributed by atoms with Gasteiger partial charge >= 0.3 is 0 Å². The van der Waals surface area contributed by atoms with E-state index in [4.69, 9.17) is 23.2 Å². The highest BCUT2D eigenvalue weighted by Gasteiger charge is 2.32. The van der Waals surface area contributed by atoms with E-state index >= 15 is 0 Å². The standard InChI is InChI=1S/C34H41Cl2N3O4S/c1-25-19-20-28(35)23-31(25)39(44(2,42)43)21-11-18-33(40)38(24-27-14-9-10-17-30(27)36)32(22-26-12-5-3-6-13-26)34(41)37-29-15-7-4-8-16-29/h3,5-6,9-10,12-14,17,19-20,23,29,32H,4,7-8,11,15-16,18,21-22,24H2,1-2H3,(H,37,41)/t32-/m1/s1. The fourth-order valence-electron chi connectivity index (χ4n) is 5.74. The van der Waals surface area contributed by atoms with Crippen LogP contribution in [0.2, 0.25) is 10.0 Å². The highest BCUT2D eigenvalue weighted by molar-refractivity contribution is 7.92. The second-order valence-corrected chi connectivity index (χ2v) is 14.3. The first-order valence-electron chi connectivity index (χ1n) is 15.1. The monoisotopic (exact) mass is 657 g/mol. The van der Waals surface area contributed by atoms with Crippen molar-refractivity contribution < 1.29 is 18.0 Å². The van der Waals surface area contributed by atoms with Crippen LogP contribution in [-0.2, 0) is 32.6 Å². The van der Waals surface area contributed by atoms with Crippen LogP contribution in [-0.4, -0.2) is 50.0 Å². The Morgan fingerprint density at radius 3 is 2.32 bits per heavy atom. The number of hydrogen-bond donors (Lipinski definition) is 1. The third kappa shape index (κ3) is 9.46. The molecule has 3 aromatic carbocycles. The second kappa shape index (κ2) is 15.8. The van der Waals surface area contributed by atoms with Gasteiger partial charge in [-0.05, 0) is 61.1 Å². The summed E-state index contributed by atoms with van der Waals surface area (Å²) in [6.07, 6.45) is 6.92. The molecule has 1 saturated carbocycles. The number of anilines is 1. The molecule has 0 radical (unpaired) electrons. The molecule has 1 N–H and O–H groups in total. The lowest BCUT2D eigenvalue weighted by Gasteiger charge is -2.34. The third-order valence-corrected chi connectivity index (χ3v) is 9.90. The Morgan fingerprint density at radius 1 is 0.955 bits per heavy atom. The molecule has 0 bridgehead atoms. The van der Waals surface area contributed by atoms with E-state index in [1.54, 1.807) is 29.2 Å². The van der Waals surface area contributed by atoms with Gasteiger partial charge in [0, 0.05) is 42.0 Å². The predicted octanol–water partition coefficient (Wildman–Crippen LogP) is 6.94. The highest BCUT2D eigenvalue weighted by Crippen LogP contribution is 2.27. The van der Waals surface area contributed by atoms with Crippen molar-refractivity contribution in [1.82, 2.24) is 10.2 Å². The van der Waals surface area contributed by atoms with Gasteiger partial charge < -0.3 is 10.2 Å². The van der Waals surface area contributed by atoms with Crippen molar-refractivity contribution in [2.75, 3.05) is 17.1 Å². The van der Waals surface area contributed by atoms with Gasteiger partial charge in [-0.15, -0.1) is 0 Å². The van der Waals surface area contributed by atoms with Gasteiger partial charge in [-0.25, -0.2) is 8.42 Å². The molecule has 1 fully saturated rings. The van der Waals surface area contributed by atoms with Gasteiger partial charge in [0.05, 0.1) is 11.9 Å². The van der Waals surface area contributed by atoms with Gasteiger partial charge in [-0.1, -0.05) is 97.1 Å². The molecule has 0 saturated heterocycles. The Bertz CT molecular complexity index is 1530. The van der Waals surface area contributed by atoms with Gasteiger partial charge in [-0.2, -0.15) is 0 Å². The quantitative estimate of drug-likeness (QED) is 0.216. The van der Waals surface area contributed by atoms with Crippen LogP contribution in [0.25, 0.3) is 0 Å². The fourth-order valence-corrected chi connectivity index (χ4v) is 7.12. The van der Waals surface area contributed by atoms with Crippen molar-refractivity contribution in [2.24, 2.45) is 0 Å². The van der Waals surface area contributed by atoms with Crippen LogP contribution >= 0.6 is 23.2 Å². The zero-order valence-electron chi connectivity index (χ0n) is 25.3. The van der Waals surface area contributed by atoms with Crippen molar-refractivity contribution >= 4 is 50.7 Å². The number of amides is 2. The molecule has 0 heterocycles. The van der Waals surface area contributed by atoms with E-state index in [9.17, 15) is 18.0 Å². The number of nitrogens with zero attached hydrogens (tertiary/aromatic N) is 2. The number of sulfonamides is 1. The number of nitrogens with one attached hydrogen (secondary N) is 1. The fraction of sp³-hybridized carbons (Fsp3) is 0.412. The van der Waals surface area contributed by atoms with Gasteiger partial charge in [0.1, 0.15) is 6.04 Å². The molecular weight excluding hydrogens is 617 g/mol.